The Morgan fingerprint density at radius 1 is 1.33 bits per heavy atom. The minimum absolute atomic E-state index is 0.121. The van der Waals surface area contributed by atoms with Crippen LogP contribution in [-0.4, -0.2) is 24.4 Å². The van der Waals surface area contributed by atoms with Gasteiger partial charge in [-0.05, 0) is 30.5 Å². The molecule has 3 N–H and O–H groups in total. The van der Waals surface area contributed by atoms with E-state index in [9.17, 15) is 9.90 Å². The number of phenolic OH excluding ortho intramolecular Hbond substituents is 1. The average Bonchev–Trinajstić information content (AvgIpc) is 2.38. The van der Waals surface area contributed by atoms with Crippen molar-refractivity contribution in [2.75, 3.05) is 18.5 Å². The van der Waals surface area contributed by atoms with Gasteiger partial charge in [-0.3, -0.25) is 0 Å². The number of benzene rings is 1. The first-order chi connectivity index (χ1) is 8.74. The molecule has 5 heteroatoms. The second kappa shape index (κ2) is 6.07. The van der Waals surface area contributed by atoms with E-state index in [0.29, 0.717) is 18.9 Å². The molecule has 5 nitrogen and oxygen atoms in total. The molecular formula is C13H16N2O3. The fourth-order valence-corrected chi connectivity index (χ4v) is 1.70. The largest absolute Gasteiger partial charge is 0.508 e. The lowest BCUT2D eigenvalue weighted by Crippen LogP contribution is -2.25. The molecule has 1 aromatic rings. The van der Waals surface area contributed by atoms with Gasteiger partial charge in [-0.25, -0.2) is 4.79 Å². The predicted octanol–water partition coefficient (Wildman–Crippen LogP) is 2.21. The Kier molecular flexibility index (Phi) is 4.20. The fourth-order valence-electron chi connectivity index (χ4n) is 1.70. The smallest absolute Gasteiger partial charge is 0.323 e. The van der Waals surface area contributed by atoms with E-state index in [0.717, 1.165) is 12.8 Å². The number of anilines is 1. The summed E-state index contributed by atoms with van der Waals surface area (Å²) in [5.41, 5.74) is 1.73. The molecular weight excluding hydrogens is 232 g/mol. The number of carbonyl (C=O) groups is 1. The first kappa shape index (κ1) is 12.4. The van der Waals surface area contributed by atoms with Crippen molar-refractivity contribution in [1.29, 1.82) is 0 Å². The van der Waals surface area contributed by atoms with Crippen LogP contribution in [0.25, 0.3) is 0 Å². The van der Waals surface area contributed by atoms with Crippen LogP contribution in [0.1, 0.15) is 12.8 Å². The molecule has 0 aromatic heterocycles. The molecule has 0 atom stereocenters. The zero-order chi connectivity index (χ0) is 12.8. The predicted molar refractivity (Wildman–Crippen MR) is 68.4 cm³/mol. The van der Waals surface area contributed by atoms with Gasteiger partial charge in [0.25, 0.3) is 0 Å². The van der Waals surface area contributed by atoms with E-state index >= 15 is 0 Å². The number of nitrogens with one attached hydrogen (secondary N) is 2. The van der Waals surface area contributed by atoms with Crippen LogP contribution in [0.15, 0.2) is 36.0 Å². The second-order valence-electron chi connectivity index (χ2n) is 4.06. The number of amides is 2. The van der Waals surface area contributed by atoms with Crippen LogP contribution in [0.5, 0.6) is 5.75 Å². The number of urea groups is 1. The molecule has 2 amide bonds. The van der Waals surface area contributed by atoms with Crippen LogP contribution in [0.3, 0.4) is 0 Å². The molecule has 2 rings (SSSR count). The molecule has 18 heavy (non-hydrogen) atoms. The Morgan fingerprint density at radius 2 is 2.11 bits per heavy atom. The topological polar surface area (TPSA) is 70.6 Å². The van der Waals surface area contributed by atoms with Crippen LogP contribution in [0.2, 0.25) is 0 Å². The van der Waals surface area contributed by atoms with Gasteiger partial charge < -0.3 is 20.5 Å². The highest BCUT2D eigenvalue weighted by atomic mass is 16.5. The molecule has 0 unspecified atom stereocenters. The van der Waals surface area contributed by atoms with E-state index in [1.165, 1.54) is 11.6 Å². The molecule has 1 saturated heterocycles. The number of rotatable bonds is 2. The molecule has 1 fully saturated rings. The third-order valence-electron chi connectivity index (χ3n) is 2.65. The van der Waals surface area contributed by atoms with Gasteiger partial charge in [0.2, 0.25) is 0 Å². The number of hydrogen-bond donors (Lipinski definition) is 3. The summed E-state index contributed by atoms with van der Waals surface area (Å²) in [4.78, 5) is 11.6. The maximum Gasteiger partial charge on any atom is 0.323 e. The lowest BCUT2D eigenvalue weighted by molar-refractivity contribution is 0.119. The lowest BCUT2D eigenvalue weighted by atomic mass is 10.1. The third-order valence-corrected chi connectivity index (χ3v) is 2.65. The SMILES string of the molecule is O=C(NC=C1CCOCC1)Nc1cccc(O)c1. The van der Waals surface area contributed by atoms with Crippen molar-refractivity contribution in [2.24, 2.45) is 0 Å². The number of ether oxygens (including phenoxy) is 1. The summed E-state index contributed by atoms with van der Waals surface area (Å²) in [6, 6.07) is 6.09. The highest BCUT2D eigenvalue weighted by Gasteiger charge is 2.06. The zero-order valence-corrected chi connectivity index (χ0v) is 9.98. The summed E-state index contributed by atoms with van der Waals surface area (Å²) in [7, 11) is 0. The van der Waals surface area contributed by atoms with Crippen LogP contribution in [0, 0.1) is 0 Å². The van der Waals surface area contributed by atoms with E-state index in [4.69, 9.17) is 4.74 Å². The second-order valence-corrected chi connectivity index (χ2v) is 4.06. The van der Waals surface area contributed by atoms with Gasteiger partial charge in [0, 0.05) is 18.0 Å². The zero-order valence-electron chi connectivity index (χ0n) is 9.98. The van der Waals surface area contributed by atoms with Gasteiger partial charge >= 0.3 is 6.03 Å². The Balaban J connectivity index is 1.85. The summed E-state index contributed by atoms with van der Waals surface area (Å²) >= 11 is 0. The van der Waals surface area contributed by atoms with Crippen molar-refractivity contribution in [2.45, 2.75) is 12.8 Å². The quantitative estimate of drug-likeness (QED) is 0.751. The fraction of sp³-hybridized carbons (Fsp3) is 0.308. The van der Waals surface area contributed by atoms with Crippen molar-refractivity contribution < 1.29 is 14.6 Å². The van der Waals surface area contributed by atoms with E-state index in [2.05, 4.69) is 10.6 Å². The summed E-state index contributed by atoms with van der Waals surface area (Å²) in [6.07, 6.45) is 3.43. The van der Waals surface area contributed by atoms with Gasteiger partial charge in [0.05, 0.1) is 13.2 Å². The Hall–Kier alpha value is -2.01. The van der Waals surface area contributed by atoms with Crippen molar-refractivity contribution >= 4 is 11.7 Å². The molecule has 1 aromatic carbocycles. The molecule has 96 valence electrons. The van der Waals surface area contributed by atoms with Gasteiger partial charge in [0.15, 0.2) is 0 Å². The summed E-state index contributed by atoms with van der Waals surface area (Å²) in [6.45, 7) is 1.42. The first-order valence-corrected chi connectivity index (χ1v) is 5.86. The van der Waals surface area contributed by atoms with Gasteiger partial charge in [-0.2, -0.15) is 0 Å². The molecule has 0 aliphatic carbocycles. The molecule has 1 aliphatic heterocycles. The van der Waals surface area contributed by atoms with Crippen LogP contribution in [0.4, 0.5) is 10.5 Å². The molecule has 0 radical (unpaired) electrons. The first-order valence-electron chi connectivity index (χ1n) is 5.86. The number of carbonyl (C=O) groups excluding carboxylic acids is 1. The van der Waals surface area contributed by atoms with Crippen LogP contribution < -0.4 is 10.6 Å². The number of hydrogen-bond acceptors (Lipinski definition) is 3. The van der Waals surface area contributed by atoms with Crippen molar-refractivity contribution in [3.05, 3.63) is 36.0 Å². The highest BCUT2D eigenvalue weighted by Crippen LogP contribution is 2.15. The number of aromatic hydroxyl groups is 1. The lowest BCUT2D eigenvalue weighted by Gasteiger charge is -2.14. The van der Waals surface area contributed by atoms with E-state index in [1.807, 2.05) is 0 Å². The van der Waals surface area contributed by atoms with Crippen molar-refractivity contribution in [3.8, 4) is 5.75 Å². The van der Waals surface area contributed by atoms with Crippen LogP contribution >= 0.6 is 0 Å². The average molecular weight is 248 g/mol. The minimum atomic E-state index is -0.320. The molecule has 0 bridgehead atoms. The van der Waals surface area contributed by atoms with E-state index in [-0.39, 0.29) is 11.8 Å². The van der Waals surface area contributed by atoms with Gasteiger partial charge in [-0.15, -0.1) is 0 Å². The van der Waals surface area contributed by atoms with Crippen molar-refractivity contribution in [1.82, 2.24) is 5.32 Å². The maximum absolute atomic E-state index is 11.6. The molecule has 0 saturated carbocycles. The van der Waals surface area contributed by atoms with Gasteiger partial charge in [-0.1, -0.05) is 6.07 Å². The number of phenols is 1. The maximum atomic E-state index is 11.6. The van der Waals surface area contributed by atoms with Gasteiger partial charge in [0.1, 0.15) is 5.75 Å². The molecule has 0 spiro atoms. The standard InChI is InChI=1S/C13H16N2O3/c16-12-3-1-2-11(8-12)15-13(17)14-9-10-4-6-18-7-5-10/h1-3,8-9,16H,4-7H2,(H2,14,15,17). The molecule has 1 heterocycles. The Bertz CT molecular complexity index is 449. The monoisotopic (exact) mass is 248 g/mol. The minimum Gasteiger partial charge on any atom is -0.508 e. The summed E-state index contributed by atoms with van der Waals surface area (Å²) in [5, 5.41) is 14.6. The normalized spacial score (nSPS) is 15.0. The Morgan fingerprint density at radius 3 is 2.83 bits per heavy atom. The Labute approximate surface area is 105 Å². The summed E-state index contributed by atoms with van der Waals surface area (Å²) in [5.74, 6) is 0.121. The summed E-state index contributed by atoms with van der Waals surface area (Å²) < 4.78 is 5.22. The van der Waals surface area contributed by atoms with Crippen LogP contribution in [-0.2, 0) is 4.74 Å². The highest BCUT2D eigenvalue weighted by molar-refractivity contribution is 5.90. The van der Waals surface area contributed by atoms with E-state index < -0.39 is 0 Å². The van der Waals surface area contributed by atoms with Crippen molar-refractivity contribution in [3.63, 3.8) is 0 Å². The third kappa shape index (κ3) is 3.78. The van der Waals surface area contributed by atoms with E-state index in [1.54, 1.807) is 24.4 Å². The molecule has 1 aliphatic rings.